The van der Waals surface area contributed by atoms with E-state index in [0.717, 1.165) is 4.67 Å². The van der Waals surface area contributed by atoms with Gasteiger partial charge in [-0.05, 0) is 70.5 Å². The zero-order valence-electron chi connectivity index (χ0n) is 19.4. The number of ether oxygens (including phenoxy) is 1. The fraction of sp³-hybridized carbons (Fsp3) is 0.409. The number of hydrogen-bond donors (Lipinski definition) is 1. The number of sulfonamides is 1. The topological polar surface area (TPSA) is 111 Å². The summed E-state index contributed by atoms with van der Waals surface area (Å²) in [7, 11) is -8.19. The predicted molar refractivity (Wildman–Crippen MR) is 125 cm³/mol. The van der Waals surface area contributed by atoms with Crippen molar-refractivity contribution < 1.29 is 31.6 Å². The first-order valence-electron chi connectivity index (χ1n) is 10.6. The van der Waals surface area contributed by atoms with Gasteiger partial charge in [0.1, 0.15) is 17.7 Å². The summed E-state index contributed by atoms with van der Waals surface area (Å²) in [5.74, 6) is 1.08. The zero-order chi connectivity index (χ0) is 24.6. The molecule has 0 radical (unpaired) electrons. The molecule has 1 atom stereocenters. The number of nitrogens with zero attached hydrogens (tertiary/aromatic N) is 1. The quantitative estimate of drug-likeness (QED) is 0.237. The van der Waals surface area contributed by atoms with E-state index in [-0.39, 0.29) is 17.7 Å². The lowest BCUT2D eigenvalue weighted by atomic mass is 10.3. The van der Waals surface area contributed by atoms with Gasteiger partial charge in [0.05, 0.1) is 17.1 Å². The first-order valence-corrected chi connectivity index (χ1v) is 13.5. The Balaban J connectivity index is 2.25. The summed E-state index contributed by atoms with van der Waals surface area (Å²) in [5, 5.41) is 0. The van der Waals surface area contributed by atoms with E-state index >= 15 is 0 Å². The molecule has 33 heavy (non-hydrogen) atoms. The lowest BCUT2D eigenvalue weighted by Crippen LogP contribution is -2.46. The van der Waals surface area contributed by atoms with Gasteiger partial charge in [-0.2, -0.15) is 4.72 Å². The van der Waals surface area contributed by atoms with E-state index in [1.165, 1.54) is 24.3 Å². The van der Waals surface area contributed by atoms with Crippen molar-refractivity contribution in [2.75, 3.05) is 0 Å². The van der Waals surface area contributed by atoms with Crippen LogP contribution in [-0.2, 0) is 28.4 Å². The number of hydrogen-bond acceptors (Lipinski definition) is 7. The van der Waals surface area contributed by atoms with Crippen molar-refractivity contribution >= 4 is 24.2 Å². The first-order chi connectivity index (χ1) is 15.5. The lowest BCUT2D eigenvalue weighted by molar-refractivity contribution is -0.117. The minimum absolute atomic E-state index is 0.0448. The van der Waals surface area contributed by atoms with Crippen LogP contribution < -0.4 is 9.46 Å². The maximum atomic E-state index is 13.4. The number of para-hydroxylation sites is 1. The number of carbonyl (C=O) groups is 1. The monoisotopic (exact) mass is 498 g/mol. The highest BCUT2D eigenvalue weighted by Crippen LogP contribution is 2.54. The smallest absolute Gasteiger partial charge is 0.439 e. The van der Waals surface area contributed by atoms with Crippen LogP contribution in [0.1, 0.15) is 41.0 Å². The number of benzene rings is 2. The van der Waals surface area contributed by atoms with Crippen molar-refractivity contribution in [3.05, 3.63) is 54.6 Å². The Labute approximate surface area is 195 Å². The van der Waals surface area contributed by atoms with Crippen LogP contribution in [0.4, 0.5) is 0 Å². The zero-order valence-corrected chi connectivity index (χ0v) is 21.1. The van der Waals surface area contributed by atoms with Crippen molar-refractivity contribution in [2.24, 2.45) is 0 Å². The minimum Gasteiger partial charge on any atom is -0.457 e. The molecule has 0 bridgehead atoms. The molecule has 2 aromatic carbocycles. The molecule has 0 spiro atoms. The van der Waals surface area contributed by atoms with Crippen molar-refractivity contribution in [1.29, 1.82) is 0 Å². The van der Waals surface area contributed by atoms with E-state index < -0.39 is 36.1 Å². The highest BCUT2D eigenvalue weighted by Gasteiger charge is 2.40. The van der Waals surface area contributed by atoms with Gasteiger partial charge >= 0.3 is 7.75 Å². The van der Waals surface area contributed by atoms with E-state index in [1.54, 1.807) is 46.8 Å². The molecule has 0 saturated heterocycles. The molecule has 11 heteroatoms. The van der Waals surface area contributed by atoms with Crippen molar-refractivity contribution in [3.8, 4) is 11.5 Å². The largest absolute Gasteiger partial charge is 0.457 e. The standard InChI is InChI=1S/C22H31N2O7PS/c1-6-22(24(16-25)32(26,30-17(2)3)31-18(4)5)23-33(27,28)21-14-12-20(13-15-21)29-19-10-8-7-9-11-19/h7-18,22-23H,6H2,1-5H3. The van der Waals surface area contributed by atoms with Crippen LogP contribution >= 0.6 is 7.75 Å². The van der Waals surface area contributed by atoms with Gasteiger partial charge in [0.25, 0.3) is 0 Å². The second-order valence-corrected chi connectivity index (χ2v) is 11.2. The SMILES string of the molecule is CCC(NS(=O)(=O)c1ccc(Oc2ccccc2)cc1)N(C=O)P(=O)(OC(C)C)OC(C)C. The van der Waals surface area contributed by atoms with Crippen molar-refractivity contribution in [3.63, 3.8) is 0 Å². The normalized spacial score (nSPS) is 13.2. The molecule has 2 rings (SSSR count). The molecule has 0 heterocycles. The summed E-state index contributed by atoms with van der Waals surface area (Å²) in [6.07, 6.45) is -1.80. The van der Waals surface area contributed by atoms with E-state index in [2.05, 4.69) is 4.72 Å². The molecule has 1 N–H and O–H groups in total. The number of nitrogens with one attached hydrogen (secondary N) is 1. The Morgan fingerprint density at radius 3 is 1.91 bits per heavy atom. The summed E-state index contributed by atoms with van der Waals surface area (Å²) in [6, 6.07) is 14.9. The van der Waals surface area contributed by atoms with Crippen molar-refractivity contribution in [2.45, 2.75) is 64.3 Å². The van der Waals surface area contributed by atoms with E-state index in [1.807, 2.05) is 18.2 Å². The van der Waals surface area contributed by atoms with Gasteiger partial charge in [0.15, 0.2) is 0 Å². The van der Waals surface area contributed by atoms with Crippen LogP contribution in [0.15, 0.2) is 59.5 Å². The average Bonchev–Trinajstić information content (AvgIpc) is 2.73. The average molecular weight is 499 g/mol. The molecular weight excluding hydrogens is 467 g/mol. The van der Waals surface area contributed by atoms with Crippen LogP contribution in [-0.4, -0.2) is 37.9 Å². The van der Waals surface area contributed by atoms with Gasteiger partial charge in [0, 0.05) is 0 Å². The second kappa shape index (κ2) is 11.8. The molecule has 0 fully saturated rings. The summed E-state index contributed by atoms with van der Waals surface area (Å²) >= 11 is 0. The lowest BCUT2D eigenvalue weighted by Gasteiger charge is -2.34. The molecule has 0 aliphatic carbocycles. The van der Waals surface area contributed by atoms with E-state index in [0.29, 0.717) is 11.5 Å². The molecule has 0 aliphatic heterocycles. The van der Waals surface area contributed by atoms with Crippen LogP contribution in [0.3, 0.4) is 0 Å². The number of rotatable bonds is 13. The Morgan fingerprint density at radius 1 is 0.939 bits per heavy atom. The summed E-state index contributed by atoms with van der Waals surface area (Å²) in [6.45, 7) is 8.22. The fourth-order valence-electron chi connectivity index (χ4n) is 2.85. The van der Waals surface area contributed by atoms with Crippen LogP contribution in [0.5, 0.6) is 11.5 Å². The van der Waals surface area contributed by atoms with Crippen LogP contribution in [0.25, 0.3) is 0 Å². The molecular formula is C22H31N2O7PS. The fourth-order valence-corrected chi connectivity index (χ4v) is 6.21. The first kappa shape index (κ1) is 27.0. The molecule has 0 aliphatic rings. The molecule has 1 amide bonds. The van der Waals surface area contributed by atoms with Gasteiger partial charge in [-0.15, -0.1) is 0 Å². The summed E-state index contributed by atoms with van der Waals surface area (Å²) in [4.78, 5) is 11.9. The highest BCUT2D eigenvalue weighted by atomic mass is 32.2. The molecule has 182 valence electrons. The summed E-state index contributed by atoms with van der Waals surface area (Å²) < 4.78 is 59.2. The molecule has 0 saturated carbocycles. The molecule has 0 aromatic heterocycles. The van der Waals surface area contributed by atoms with Gasteiger partial charge in [-0.3, -0.25) is 13.8 Å². The van der Waals surface area contributed by atoms with E-state index in [9.17, 15) is 17.8 Å². The molecule has 9 nitrogen and oxygen atoms in total. The molecule has 2 aromatic rings. The van der Waals surface area contributed by atoms with Gasteiger partial charge in [-0.25, -0.2) is 17.7 Å². The Kier molecular flexibility index (Phi) is 9.63. The maximum Gasteiger partial charge on any atom is 0.439 e. The number of carbonyl (C=O) groups excluding carboxylic acids is 1. The third kappa shape index (κ3) is 7.65. The molecule has 1 unspecified atom stereocenters. The van der Waals surface area contributed by atoms with E-state index in [4.69, 9.17) is 13.8 Å². The Bertz CT molecular complexity index is 1030. The number of amides is 1. The van der Waals surface area contributed by atoms with Gasteiger partial charge < -0.3 is 4.74 Å². The Morgan fingerprint density at radius 2 is 1.45 bits per heavy atom. The predicted octanol–water partition coefficient (Wildman–Crippen LogP) is 4.91. The van der Waals surface area contributed by atoms with Gasteiger partial charge in [0.2, 0.25) is 16.4 Å². The van der Waals surface area contributed by atoms with Crippen LogP contribution in [0.2, 0.25) is 0 Å². The third-order valence-corrected chi connectivity index (χ3v) is 7.98. The second-order valence-electron chi connectivity index (χ2n) is 7.69. The maximum absolute atomic E-state index is 13.4. The summed E-state index contributed by atoms with van der Waals surface area (Å²) in [5.41, 5.74) is 0. The van der Waals surface area contributed by atoms with Crippen molar-refractivity contribution in [1.82, 2.24) is 9.39 Å². The Hall–Kier alpha value is -2.23. The minimum atomic E-state index is -4.12. The van der Waals surface area contributed by atoms with Crippen LogP contribution in [0, 0.1) is 0 Å². The van der Waals surface area contributed by atoms with Gasteiger partial charge in [-0.1, -0.05) is 25.1 Å². The third-order valence-electron chi connectivity index (χ3n) is 4.19. The highest BCUT2D eigenvalue weighted by molar-refractivity contribution is 7.89.